The largest absolute Gasteiger partial charge is 0.399 e. The molecule has 2 rings (SSSR count). The molecule has 0 radical (unpaired) electrons. The van der Waals surface area contributed by atoms with Gasteiger partial charge in [0.05, 0.1) is 22.3 Å². The predicted octanol–water partition coefficient (Wildman–Crippen LogP) is 2.77. The van der Waals surface area contributed by atoms with E-state index in [-0.39, 0.29) is 28.4 Å². The van der Waals surface area contributed by atoms with E-state index < -0.39 is 0 Å². The van der Waals surface area contributed by atoms with Crippen LogP contribution in [0, 0.1) is 5.92 Å². The first-order valence-electron chi connectivity index (χ1n) is 6.72. The average molecular weight is 330 g/mol. The quantitative estimate of drug-likeness (QED) is 0.834. The molecule has 0 bridgehead atoms. The van der Waals surface area contributed by atoms with Crippen LogP contribution in [0.4, 0.5) is 11.4 Å². The van der Waals surface area contributed by atoms with E-state index in [1.165, 1.54) is 12.1 Å². The molecule has 7 heteroatoms. The molecule has 1 aromatic carbocycles. The number of benzene rings is 1. The number of carbonyl (C=O) groups excluding carboxylic acids is 2. The van der Waals surface area contributed by atoms with Crippen molar-refractivity contribution in [1.82, 2.24) is 4.90 Å². The van der Waals surface area contributed by atoms with Gasteiger partial charge in [-0.1, -0.05) is 36.5 Å². The molecular formula is C14H17Cl2N3O2. The summed E-state index contributed by atoms with van der Waals surface area (Å²) in [4.78, 5) is 25.4. The predicted molar refractivity (Wildman–Crippen MR) is 84.5 cm³/mol. The van der Waals surface area contributed by atoms with Crippen molar-refractivity contribution in [2.24, 2.45) is 5.92 Å². The molecule has 0 aromatic heterocycles. The number of hydrogen-bond donors (Lipinski definition) is 2. The number of nitrogens with one attached hydrogen (secondary N) is 1. The minimum absolute atomic E-state index is 0.00602. The fourth-order valence-electron chi connectivity index (χ4n) is 2.34. The molecule has 2 amide bonds. The van der Waals surface area contributed by atoms with Gasteiger partial charge < -0.3 is 16.0 Å². The van der Waals surface area contributed by atoms with Crippen molar-refractivity contribution in [1.29, 1.82) is 0 Å². The Hall–Kier alpha value is -1.46. The van der Waals surface area contributed by atoms with E-state index in [2.05, 4.69) is 5.32 Å². The highest BCUT2D eigenvalue weighted by atomic mass is 35.5. The first-order valence-corrected chi connectivity index (χ1v) is 7.48. The molecule has 1 fully saturated rings. The van der Waals surface area contributed by atoms with Gasteiger partial charge in [0.25, 0.3) is 0 Å². The monoisotopic (exact) mass is 329 g/mol. The zero-order chi connectivity index (χ0) is 15.6. The minimum atomic E-state index is -0.325. The Morgan fingerprint density at radius 1 is 1.43 bits per heavy atom. The summed E-state index contributed by atoms with van der Waals surface area (Å²) < 4.78 is 0. The molecule has 0 spiro atoms. The van der Waals surface area contributed by atoms with Gasteiger partial charge in [-0.05, 0) is 18.1 Å². The lowest BCUT2D eigenvalue weighted by atomic mass is 10.1. The summed E-state index contributed by atoms with van der Waals surface area (Å²) in [6, 6.07) is 3.02. The Morgan fingerprint density at radius 2 is 2.05 bits per heavy atom. The van der Waals surface area contributed by atoms with Crippen LogP contribution in [0.25, 0.3) is 0 Å². The zero-order valence-corrected chi connectivity index (χ0v) is 13.2. The van der Waals surface area contributed by atoms with E-state index in [1.54, 1.807) is 4.90 Å². The molecule has 1 saturated heterocycles. The number of rotatable bonds is 4. The Kier molecular flexibility index (Phi) is 4.96. The third-order valence-corrected chi connectivity index (χ3v) is 4.13. The number of nitrogen functional groups attached to an aromatic ring is 1. The van der Waals surface area contributed by atoms with Gasteiger partial charge in [0.1, 0.15) is 0 Å². The third-order valence-electron chi connectivity index (χ3n) is 3.54. The number of hydrogen-bond acceptors (Lipinski definition) is 3. The third kappa shape index (κ3) is 3.80. The molecular weight excluding hydrogens is 313 g/mol. The number of nitrogens with two attached hydrogens (primary N) is 1. The van der Waals surface area contributed by atoms with Crippen molar-refractivity contribution < 1.29 is 9.59 Å². The Bertz CT molecular complexity index is 554. The number of carbonyl (C=O) groups is 2. The van der Waals surface area contributed by atoms with Gasteiger partial charge in [-0.2, -0.15) is 0 Å². The van der Waals surface area contributed by atoms with Crippen LogP contribution in [0.1, 0.15) is 19.8 Å². The van der Waals surface area contributed by atoms with Crippen LogP contribution in [0.5, 0.6) is 0 Å². The summed E-state index contributed by atoms with van der Waals surface area (Å²) in [5.74, 6) is 0.00849. The van der Waals surface area contributed by atoms with Gasteiger partial charge in [-0.3, -0.25) is 9.59 Å². The van der Waals surface area contributed by atoms with Crippen molar-refractivity contribution >= 4 is 46.4 Å². The smallest absolute Gasteiger partial charge is 0.244 e. The van der Waals surface area contributed by atoms with Crippen molar-refractivity contribution in [2.75, 3.05) is 24.1 Å². The zero-order valence-electron chi connectivity index (χ0n) is 11.7. The highest BCUT2D eigenvalue weighted by molar-refractivity contribution is 6.40. The fraction of sp³-hybridized carbons (Fsp3) is 0.429. The van der Waals surface area contributed by atoms with Crippen LogP contribution >= 0.6 is 23.2 Å². The molecule has 1 aliphatic rings. The molecule has 3 N–H and O–H groups in total. The van der Waals surface area contributed by atoms with Crippen molar-refractivity contribution in [3.05, 3.63) is 22.2 Å². The lowest BCUT2D eigenvalue weighted by Crippen LogP contribution is -2.34. The van der Waals surface area contributed by atoms with E-state index in [4.69, 9.17) is 28.9 Å². The topological polar surface area (TPSA) is 75.4 Å². The average Bonchev–Trinajstić information content (AvgIpc) is 2.74. The normalized spacial score (nSPS) is 18.1. The lowest BCUT2D eigenvalue weighted by molar-refractivity contribution is -0.131. The number of likely N-dealkylation sites (tertiary alicyclic amines) is 1. The van der Waals surface area contributed by atoms with Crippen LogP contribution in [0.3, 0.4) is 0 Å². The SMILES string of the molecule is CCC1CC(=O)N(CC(=O)Nc2c(Cl)cc(N)cc2Cl)C1. The van der Waals surface area contributed by atoms with Gasteiger partial charge in [-0.15, -0.1) is 0 Å². The highest BCUT2D eigenvalue weighted by Crippen LogP contribution is 2.32. The molecule has 1 unspecified atom stereocenters. The summed E-state index contributed by atoms with van der Waals surface area (Å²) in [7, 11) is 0. The molecule has 0 saturated carbocycles. The van der Waals surface area contributed by atoms with Crippen LogP contribution in [0.15, 0.2) is 12.1 Å². The van der Waals surface area contributed by atoms with Crippen molar-refractivity contribution in [2.45, 2.75) is 19.8 Å². The van der Waals surface area contributed by atoms with E-state index >= 15 is 0 Å². The number of amides is 2. The molecule has 1 aromatic rings. The molecule has 1 atom stereocenters. The van der Waals surface area contributed by atoms with Gasteiger partial charge in [0, 0.05) is 18.7 Å². The van der Waals surface area contributed by atoms with Gasteiger partial charge >= 0.3 is 0 Å². The maximum atomic E-state index is 12.0. The first kappa shape index (κ1) is 15.9. The van der Waals surface area contributed by atoms with Crippen LogP contribution in [-0.2, 0) is 9.59 Å². The van der Waals surface area contributed by atoms with Gasteiger partial charge in [-0.25, -0.2) is 0 Å². The Balaban J connectivity index is 2.01. The fourth-order valence-corrected chi connectivity index (χ4v) is 2.94. The number of nitrogens with zero attached hydrogens (tertiary/aromatic N) is 1. The van der Waals surface area contributed by atoms with E-state index in [1.807, 2.05) is 6.92 Å². The number of anilines is 2. The molecule has 5 nitrogen and oxygen atoms in total. The summed E-state index contributed by atoms with van der Waals surface area (Å²) >= 11 is 12.0. The molecule has 1 aliphatic heterocycles. The summed E-state index contributed by atoms with van der Waals surface area (Å²) in [5, 5.41) is 3.18. The molecule has 1 heterocycles. The van der Waals surface area contributed by atoms with E-state index in [9.17, 15) is 9.59 Å². The molecule has 21 heavy (non-hydrogen) atoms. The maximum Gasteiger partial charge on any atom is 0.244 e. The summed E-state index contributed by atoms with van der Waals surface area (Å²) in [6.07, 6.45) is 1.44. The Morgan fingerprint density at radius 3 is 2.57 bits per heavy atom. The molecule has 114 valence electrons. The Labute approximate surface area is 133 Å². The van der Waals surface area contributed by atoms with Crippen LogP contribution in [-0.4, -0.2) is 29.8 Å². The van der Waals surface area contributed by atoms with E-state index in [0.717, 1.165) is 6.42 Å². The second-order valence-electron chi connectivity index (χ2n) is 5.16. The van der Waals surface area contributed by atoms with Crippen LogP contribution in [0.2, 0.25) is 10.0 Å². The van der Waals surface area contributed by atoms with Crippen molar-refractivity contribution in [3.63, 3.8) is 0 Å². The van der Waals surface area contributed by atoms with E-state index in [0.29, 0.717) is 30.3 Å². The molecule has 0 aliphatic carbocycles. The second-order valence-corrected chi connectivity index (χ2v) is 5.97. The maximum absolute atomic E-state index is 12.0. The highest BCUT2D eigenvalue weighted by Gasteiger charge is 2.29. The van der Waals surface area contributed by atoms with Crippen molar-refractivity contribution in [3.8, 4) is 0 Å². The lowest BCUT2D eigenvalue weighted by Gasteiger charge is -2.17. The standard InChI is InChI=1S/C14H17Cl2N3O2/c1-2-8-3-13(21)19(6-8)7-12(20)18-14-10(15)4-9(17)5-11(14)16/h4-5,8H,2-3,6-7,17H2,1H3,(H,18,20). The second kappa shape index (κ2) is 6.54. The summed E-state index contributed by atoms with van der Waals surface area (Å²) in [6.45, 7) is 2.66. The summed E-state index contributed by atoms with van der Waals surface area (Å²) in [5.41, 5.74) is 6.34. The number of halogens is 2. The minimum Gasteiger partial charge on any atom is -0.399 e. The first-order chi connectivity index (χ1) is 9.90. The van der Waals surface area contributed by atoms with Gasteiger partial charge in [0.15, 0.2) is 0 Å². The van der Waals surface area contributed by atoms with Gasteiger partial charge in [0.2, 0.25) is 11.8 Å². The van der Waals surface area contributed by atoms with Crippen LogP contribution < -0.4 is 11.1 Å².